The van der Waals surface area contributed by atoms with E-state index in [-0.39, 0.29) is 0 Å². The standard InChI is InChI=1S/C11H24BrN/c1-3-11(4-2)10-13-9-7-5-6-8-12/h11,13H,3-10H2,1-2H3. The summed E-state index contributed by atoms with van der Waals surface area (Å²) in [6.07, 6.45) is 6.61. The zero-order valence-corrected chi connectivity index (χ0v) is 10.7. The summed E-state index contributed by atoms with van der Waals surface area (Å²) in [5, 5.41) is 4.68. The van der Waals surface area contributed by atoms with E-state index in [0.29, 0.717) is 0 Å². The van der Waals surface area contributed by atoms with Crippen molar-refractivity contribution in [1.29, 1.82) is 0 Å². The van der Waals surface area contributed by atoms with Gasteiger partial charge in [-0.1, -0.05) is 49.0 Å². The Labute approximate surface area is 91.8 Å². The van der Waals surface area contributed by atoms with Crippen molar-refractivity contribution in [2.45, 2.75) is 46.0 Å². The highest BCUT2D eigenvalue weighted by Gasteiger charge is 2.00. The number of rotatable bonds is 9. The van der Waals surface area contributed by atoms with E-state index in [0.717, 1.165) is 11.2 Å². The Morgan fingerprint density at radius 2 is 1.77 bits per heavy atom. The van der Waals surface area contributed by atoms with Crippen LogP contribution in [-0.2, 0) is 0 Å². The lowest BCUT2D eigenvalue weighted by molar-refractivity contribution is 0.445. The highest BCUT2D eigenvalue weighted by Crippen LogP contribution is 2.05. The van der Waals surface area contributed by atoms with Gasteiger partial charge in [0.05, 0.1) is 0 Å². The van der Waals surface area contributed by atoms with Crippen LogP contribution < -0.4 is 5.32 Å². The van der Waals surface area contributed by atoms with E-state index in [4.69, 9.17) is 0 Å². The van der Waals surface area contributed by atoms with Crippen LogP contribution in [0.1, 0.15) is 46.0 Å². The van der Waals surface area contributed by atoms with Crippen LogP contribution in [0.4, 0.5) is 0 Å². The molecular formula is C11H24BrN. The second-order valence-electron chi connectivity index (χ2n) is 3.64. The van der Waals surface area contributed by atoms with Gasteiger partial charge in [0.15, 0.2) is 0 Å². The van der Waals surface area contributed by atoms with E-state index in [1.165, 1.54) is 45.2 Å². The van der Waals surface area contributed by atoms with E-state index in [1.807, 2.05) is 0 Å². The van der Waals surface area contributed by atoms with Crippen molar-refractivity contribution in [1.82, 2.24) is 5.32 Å². The minimum atomic E-state index is 0.885. The molecule has 0 unspecified atom stereocenters. The molecule has 0 aromatic carbocycles. The van der Waals surface area contributed by atoms with Gasteiger partial charge in [0, 0.05) is 5.33 Å². The molecule has 0 heterocycles. The Morgan fingerprint density at radius 1 is 1.08 bits per heavy atom. The first-order valence-electron chi connectivity index (χ1n) is 5.61. The molecule has 1 N–H and O–H groups in total. The highest BCUT2D eigenvalue weighted by molar-refractivity contribution is 9.09. The lowest BCUT2D eigenvalue weighted by Crippen LogP contribution is -2.23. The summed E-state index contributed by atoms with van der Waals surface area (Å²) in [4.78, 5) is 0. The smallest absolute Gasteiger partial charge is 0.00313 e. The molecule has 0 radical (unpaired) electrons. The van der Waals surface area contributed by atoms with Crippen LogP contribution in [-0.4, -0.2) is 18.4 Å². The Morgan fingerprint density at radius 3 is 2.31 bits per heavy atom. The molecule has 0 amide bonds. The monoisotopic (exact) mass is 249 g/mol. The maximum Gasteiger partial charge on any atom is 0.00313 e. The molecule has 13 heavy (non-hydrogen) atoms. The van der Waals surface area contributed by atoms with Gasteiger partial charge in [-0.05, 0) is 31.8 Å². The number of nitrogens with one attached hydrogen (secondary N) is 1. The van der Waals surface area contributed by atoms with Gasteiger partial charge in [-0.25, -0.2) is 0 Å². The number of halogens is 1. The molecule has 0 saturated carbocycles. The minimum absolute atomic E-state index is 0.885. The zero-order valence-electron chi connectivity index (χ0n) is 9.11. The summed E-state index contributed by atoms with van der Waals surface area (Å²) in [5.74, 6) is 0.885. The van der Waals surface area contributed by atoms with E-state index < -0.39 is 0 Å². The summed E-state index contributed by atoms with van der Waals surface area (Å²) < 4.78 is 0. The van der Waals surface area contributed by atoms with Crippen LogP contribution in [0.15, 0.2) is 0 Å². The lowest BCUT2D eigenvalue weighted by Gasteiger charge is -2.12. The molecule has 1 nitrogen and oxygen atoms in total. The fourth-order valence-corrected chi connectivity index (χ4v) is 1.80. The second-order valence-corrected chi connectivity index (χ2v) is 4.43. The van der Waals surface area contributed by atoms with Gasteiger partial charge in [-0.15, -0.1) is 0 Å². The molecule has 0 saturated heterocycles. The number of alkyl halides is 1. The predicted octanol–water partition coefficient (Wildman–Crippen LogP) is 3.58. The average Bonchev–Trinajstić information content (AvgIpc) is 2.17. The van der Waals surface area contributed by atoms with Crippen LogP contribution >= 0.6 is 15.9 Å². The Hall–Kier alpha value is 0.440. The summed E-state index contributed by atoms with van der Waals surface area (Å²) in [6, 6.07) is 0. The van der Waals surface area contributed by atoms with Gasteiger partial charge < -0.3 is 5.32 Å². The fourth-order valence-electron chi connectivity index (χ4n) is 1.40. The van der Waals surface area contributed by atoms with Gasteiger partial charge >= 0.3 is 0 Å². The molecule has 0 aliphatic carbocycles. The highest BCUT2D eigenvalue weighted by atomic mass is 79.9. The number of hydrogen-bond donors (Lipinski definition) is 1. The summed E-state index contributed by atoms with van der Waals surface area (Å²) in [7, 11) is 0. The summed E-state index contributed by atoms with van der Waals surface area (Å²) >= 11 is 3.44. The molecular weight excluding hydrogens is 226 g/mol. The molecule has 0 aliphatic rings. The Balaban J connectivity index is 3.05. The molecule has 0 bridgehead atoms. The summed E-state index contributed by atoms with van der Waals surface area (Å²) in [6.45, 7) is 6.96. The van der Waals surface area contributed by atoms with Crippen LogP contribution in [0.5, 0.6) is 0 Å². The van der Waals surface area contributed by atoms with Gasteiger partial charge in [-0.3, -0.25) is 0 Å². The Kier molecular flexibility index (Phi) is 10.9. The van der Waals surface area contributed by atoms with E-state index in [9.17, 15) is 0 Å². The maximum atomic E-state index is 3.53. The molecule has 0 atom stereocenters. The van der Waals surface area contributed by atoms with Crippen molar-refractivity contribution >= 4 is 15.9 Å². The van der Waals surface area contributed by atoms with Crippen LogP contribution in [0.2, 0.25) is 0 Å². The van der Waals surface area contributed by atoms with E-state index in [2.05, 4.69) is 35.1 Å². The van der Waals surface area contributed by atoms with Crippen LogP contribution in [0.3, 0.4) is 0 Å². The molecule has 0 aromatic heterocycles. The summed E-state index contributed by atoms with van der Waals surface area (Å²) in [5.41, 5.74) is 0. The first-order valence-corrected chi connectivity index (χ1v) is 6.73. The van der Waals surface area contributed by atoms with Gasteiger partial charge in [0.2, 0.25) is 0 Å². The largest absolute Gasteiger partial charge is 0.316 e. The van der Waals surface area contributed by atoms with Crippen molar-refractivity contribution in [3.63, 3.8) is 0 Å². The van der Waals surface area contributed by atoms with E-state index >= 15 is 0 Å². The predicted molar refractivity (Wildman–Crippen MR) is 64.6 cm³/mol. The van der Waals surface area contributed by atoms with E-state index in [1.54, 1.807) is 0 Å². The third-order valence-corrected chi connectivity index (χ3v) is 3.14. The van der Waals surface area contributed by atoms with Crippen molar-refractivity contribution in [2.24, 2.45) is 5.92 Å². The van der Waals surface area contributed by atoms with Crippen molar-refractivity contribution < 1.29 is 0 Å². The molecule has 0 rings (SSSR count). The average molecular weight is 250 g/mol. The van der Waals surface area contributed by atoms with Crippen LogP contribution in [0, 0.1) is 5.92 Å². The molecule has 0 aliphatic heterocycles. The third kappa shape index (κ3) is 8.76. The topological polar surface area (TPSA) is 12.0 Å². The molecule has 80 valence electrons. The normalized spacial score (nSPS) is 11.1. The first-order chi connectivity index (χ1) is 6.35. The molecule has 2 heteroatoms. The first kappa shape index (κ1) is 13.4. The Bertz CT molecular complexity index is 92.1. The maximum absolute atomic E-state index is 3.53. The molecule has 0 fully saturated rings. The van der Waals surface area contributed by atoms with Gasteiger partial charge in [-0.2, -0.15) is 0 Å². The fraction of sp³-hybridized carbons (Fsp3) is 1.00. The number of hydrogen-bond acceptors (Lipinski definition) is 1. The van der Waals surface area contributed by atoms with Crippen molar-refractivity contribution in [3.05, 3.63) is 0 Å². The SMILES string of the molecule is CCC(CC)CNCCCCCBr. The number of unbranched alkanes of at least 4 members (excludes halogenated alkanes) is 2. The minimum Gasteiger partial charge on any atom is -0.316 e. The van der Waals surface area contributed by atoms with Gasteiger partial charge in [0.1, 0.15) is 0 Å². The van der Waals surface area contributed by atoms with Crippen molar-refractivity contribution in [3.8, 4) is 0 Å². The third-order valence-electron chi connectivity index (χ3n) is 2.57. The quantitative estimate of drug-likeness (QED) is 0.487. The van der Waals surface area contributed by atoms with Crippen LogP contribution in [0.25, 0.3) is 0 Å². The lowest BCUT2D eigenvalue weighted by atomic mass is 10.0. The van der Waals surface area contributed by atoms with Crippen molar-refractivity contribution in [2.75, 3.05) is 18.4 Å². The molecule has 0 spiro atoms. The molecule has 0 aromatic rings. The van der Waals surface area contributed by atoms with Gasteiger partial charge in [0.25, 0.3) is 0 Å². The zero-order chi connectivity index (χ0) is 9.94. The second kappa shape index (κ2) is 10.5.